The number of hydrogen-bond acceptors (Lipinski definition) is 6. The van der Waals surface area contributed by atoms with E-state index in [1.165, 1.54) is 11.3 Å². The van der Waals surface area contributed by atoms with E-state index in [4.69, 9.17) is 10.00 Å². The van der Waals surface area contributed by atoms with Gasteiger partial charge in [0.05, 0.1) is 22.8 Å². The molecule has 1 saturated heterocycles. The minimum atomic E-state index is 0.0239. The van der Waals surface area contributed by atoms with Crippen LogP contribution < -0.4 is 9.64 Å². The van der Waals surface area contributed by atoms with Crippen molar-refractivity contribution < 1.29 is 9.53 Å². The summed E-state index contributed by atoms with van der Waals surface area (Å²) in [7, 11) is 0. The lowest BCUT2D eigenvalue weighted by Gasteiger charge is -2.24. The average molecular weight is 419 g/mol. The molecule has 1 aromatic heterocycles. The van der Waals surface area contributed by atoms with Crippen LogP contribution in [0.5, 0.6) is 5.75 Å². The van der Waals surface area contributed by atoms with Gasteiger partial charge in [0.2, 0.25) is 0 Å². The molecular formula is C23H22N4O2S. The van der Waals surface area contributed by atoms with Gasteiger partial charge in [0.15, 0.2) is 0 Å². The molecule has 0 radical (unpaired) electrons. The Morgan fingerprint density at radius 1 is 1.13 bits per heavy atom. The van der Waals surface area contributed by atoms with E-state index in [1.807, 2.05) is 52.7 Å². The third kappa shape index (κ3) is 4.78. The number of amides is 1. The van der Waals surface area contributed by atoms with Crippen molar-refractivity contribution in [3.63, 3.8) is 0 Å². The van der Waals surface area contributed by atoms with Crippen molar-refractivity contribution in [3.8, 4) is 11.8 Å². The molecule has 1 fully saturated rings. The summed E-state index contributed by atoms with van der Waals surface area (Å²) in [5, 5.41) is 10.9. The first-order valence-corrected chi connectivity index (χ1v) is 10.8. The molecule has 152 valence electrons. The second kappa shape index (κ2) is 9.42. The summed E-state index contributed by atoms with van der Waals surface area (Å²) in [6.07, 6.45) is 0.895. The summed E-state index contributed by atoms with van der Waals surface area (Å²) in [4.78, 5) is 21.5. The number of hydrogen-bond donors (Lipinski definition) is 0. The molecule has 3 aromatic rings. The lowest BCUT2D eigenvalue weighted by Crippen LogP contribution is -2.35. The van der Waals surface area contributed by atoms with Crippen LogP contribution in [0.4, 0.5) is 5.69 Å². The molecule has 30 heavy (non-hydrogen) atoms. The number of thiazole rings is 1. The van der Waals surface area contributed by atoms with Gasteiger partial charge < -0.3 is 14.5 Å². The predicted molar refractivity (Wildman–Crippen MR) is 117 cm³/mol. The van der Waals surface area contributed by atoms with Crippen LogP contribution >= 0.6 is 11.3 Å². The monoisotopic (exact) mass is 418 g/mol. The van der Waals surface area contributed by atoms with E-state index >= 15 is 0 Å². The zero-order valence-electron chi connectivity index (χ0n) is 16.5. The average Bonchev–Trinajstić information content (AvgIpc) is 3.20. The highest BCUT2D eigenvalue weighted by Crippen LogP contribution is 2.20. The van der Waals surface area contributed by atoms with Crippen molar-refractivity contribution in [3.05, 3.63) is 76.2 Å². The van der Waals surface area contributed by atoms with Crippen molar-refractivity contribution in [2.75, 3.05) is 31.1 Å². The summed E-state index contributed by atoms with van der Waals surface area (Å²) >= 11 is 1.53. The molecule has 1 aliphatic rings. The van der Waals surface area contributed by atoms with E-state index in [0.717, 1.165) is 37.4 Å². The van der Waals surface area contributed by atoms with Gasteiger partial charge in [-0.25, -0.2) is 4.98 Å². The van der Waals surface area contributed by atoms with Gasteiger partial charge >= 0.3 is 0 Å². The first-order valence-electron chi connectivity index (χ1n) is 9.87. The third-order valence-electron chi connectivity index (χ3n) is 5.10. The molecule has 2 heterocycles. The molecule has 0 aliphatic carbocycles. The smallest absolute Gasteiger partial charge is 0.254 e. The normalized spacial score (nSPS) is 14.1. The van der Waals surface area contributed by atoms with Crippen molar-refractivity contribution in [1.82, 2.24) is 9.88 Å². The molecule has 2 aromatic carbocycles. The maximum Gasteiger partial charge on any atom is 0.254 e. The predicted octanol–water partition coefficient (Wildman–Crippen LogP) is 3.95. The Labute approximate surface area is 180 Å². The summed E-state index contributed by atoms with van der Waals surface area (Å²) < 4.78 is 5.79. The number of nitrogens with zero attached hydrogens (tertiary/aromatic N) is 4. The summed E-state index contributed by atoms with van der Waals surface area (Å²) in [6, 6.07) is 17.1. The highest BCUT2D eigenvalue weighted by molar-refractivity contribution is 7.07. The first kappa shape index (κ1) is 19.9. The van der Waals surface area contributed by atoms with E-state index in [9.17, 15) is 4.79 Å². The van der Waals surface area contributed by atoms with Gasteiger partial charge in [-0.05, 0) is 48.9 Å². The maximum absolute atomic E-state index is 13.1. The standard InChI is InChI=1S/C23H22N4O2S/c24-14-18-5-7-21(8-6-18)26-9-2-10-27(12-11-26)23(28)19-3-1-4-22(13-19)29-15-20-16-30-17-25-20/h1,3-8,13,16-17H,2,9-12,15H2. The van der Waals surface area contributed by atoms with Crippen molar-refractivity contribution in [2.24, 2.45) is 0 Å². The van der Waals surface area contributed by atoms with Crippen LogP contribution in [0.1, 0.15) is 28.0 Å². The van der Waals surface area contributed by atoms with Crippen molar-refractivity contribution in [1.29, 1.82) is 5.26 Å². The van der Waals surface area contributed by atoms with Crippen molar-refractivity contribution in [2.45, 2.75) is 13.0 Å². The molecule has 0 spiro atoms. The zero-order valence-corrected chi connectivity index (χ0v) is 17.3. The fraction of sp³-hybridized carbons (Fsp3) is 0.261. The first-order chi connectivity index (χ1) is 14.7. The highest BCUT2D eigenvalue weighted by atomic mass is 32.1. The Morgan fingerprint density at radius 2 is 2.00 bits per heavy atom. The van der Waals surface area contributed by atoms with Crippen molar-refractivity contribution >= 4 is 22.9 Å². The van der Waals surface area contributed by atoms with E-state index < -0.39 is 0 Å². The minimum Gasteiger partial charge on any atom is -0.487 e. The number of nitriles is 1. The number of ether oxygens (including phenoxy) is 1. The van der Waals surface area contributed by atoms with Crippen LogP contribution in [-0.2, 0) is 6.61 Å². The second-order valence-electron chi connectivity index (χ2n) is 7.09. The molecule has 6 nitrogen and oxygen atoms in total. The Morgan fingerprint density at radius 3 is 2.77 bits per heavy atom. The quantitative estimate of drug-likeness (QED) is 0.628. The molecular weight excluding hydrogens is 396 g/mol. The van der Waals surface area contributed by atoms with Gasteiger partial charge in [0, 0.05) is 42.8 Å². The Bertz CT molecular complexity index is 1030. The van der Waals surface area contributed by atoms with Crippen LogP contribution in [-0.4, -0.2) is 42.0 Å². The lowest BCUT2D eigenvalue weighted by molar-refractivity contribution is 0.0766. The van der Waals surface area contributed by atoms with Gasteiger partial charge in [-0.1, -0.05) is 6.07 Å². The van der Waals surface area contributed by atoms with Gasteiger partial charge in [0.1, 0.15) is 12.4 Å². The summed E-state index contributed by atoms with van der Waals surface area (Å²) in [6.45, 7) is 3.41. The Kier molecular flexibility index (Phi) is 6.26. The molecule has 4 rings (SSSR count). The Balaban J connectivity index is 1.38. The lowest BCUT2D eigenvalue weighted by atomic mass is 10.2. The Hall–Kier alpha value is -3.37. The van der Waals surface area contributed by atoms with Gasteiger partial charge in [-0.3, -0.25) is 4.79 Å². The summed E-state index contributed by atoms with van der Waals surface area (Å²) in [5.41, 5.74) is 5.03. The molecule has 0 bridgehead atoms. The SMILES string of the molecule is N#Cc1ccc(N2CCCN(C(=O)c3cccc(OCc4cscn4)c3)CC2)cc1. The van der Waals surface area contributed by atoms with Crippen LogP contribution in [0, 0.1) is 11.3 Å². The van der Waals surface area contributed by atoms with Gasteiger partial charge in [0.25, 0.3) is 5.91 Å². The number of anilines is 1. The number of carbonyl (C=O) groups excluding carboxylic acids is 1. The topological polar surface area (TPSA) is 69.5 Å². The molecule has 0 atom stereocenters. The maximum atomic E-state index is 13.1. The number of carbonyl (C=O) groups is 1. The molecule has 1 amide bonds. The molecule has 0 N–H and O–H groups in total. The number of aromatic nitrogens is 1. The zero-order chi connectivity index (χ0) is 20.8. The van der Waals surface area contributed by atoms with E-state index in [0.29, 0.717) is 30.0 Å². The molecule has 0 saturated carbocycles. The molecule has 1 aliphatic heterocycles. The summed E-state index contributed by atoms with van der Waals surface area (Å²) in [5.74, 6) is 0.693. The van der Waals surface area contributed by atoms with Crippen LogP contribution in [0.25, 0.3) is 0 Å². The van der Waals surface area contributed by atoms with Crippen LogP contribution in [0.15, 0.2) is 59.4 Å². The highest BCUT2D eigenvalue weighted by Gasteiger charge is 2.21. The molecule has 7 heteroatoms. The number of benzene rings is 2. The van der Waals surface area contributed by atoms with Gasteiger partial charge in [-0.2, -0.15) is 5.26 Å². The fourth-order valence-corrected chi connectivity index (χ4v) is 4.04. The second-order valence-corrected chi connectivity index (χ2v) is 7.81. The molecule has 0 unspecified atom stereocenters. The van der Waals surface area contributed by atoms with Crippen LogP contribution in [0.3, 0.4) is 0 Å². The fourth-order valence-electron chi connectivity index (χ4n) is 3.49. The minimum absolute atomic E-state index is 0.0239. The van der Waals surface area contributed by atoms with E-state index in [2.05, 4.69) is 16.0 Å². The number of rotatable bonds is 5. The third-order valence-corrected chi connectivity index (χ3v) is 5.73. The largest absolute Gasteiger partial charge is 0.487 e. The van der Waals surface area contributed by atoms with E-state index in [-0.39, 0.29) is 5.91 Å². The van der Waals surface area contributed by atoms with E-state index in [1.54, 1.807) is 11.6 Å². The van der Waals surface area contributed by atoms with Crippen LogP contribution in [0.2, 0.25) is 0 Å². The van der Waals surface area contributed by atoms with Gasteiger partial charge in [-0.15, -0.1) is 11.3 Å².